The van der Waals surface area contributed by atoms with Crippen molar-refractivity contribution in [2.45, 2.75) is 53.9 Å². The van der Waals surface area contributed by atoms with Crippen LogP contribution in [0.1, 0.15) is 64.5 Å². The molecule has 0 unspecified atom stereocenters. The average molecular weight is 311 g/mol. The molecule has 0 aliphatic rings. The number of carbonyl (C=O) groups excluding carboxylic acids is 1. The van der Waals surface area contributed by atoms with Crippen LogP contribution < -0.4 is 5.32 Å². The largest absolute Gasteiger partial charge is 0.351 e. The van der Waals surface area contributed by atoms with Gasteiger partial charge in [0.25, 0.3) is 5.91 Å². The molecule has 1 aromatic rings. The first-order chi connectivity index (χ1) is 9.43. The average Bonchev–Trinajstić information content (AvgIpc) is 2.34. The number of carbonyl (C=O) groups is 1. The minimum atomic E-state index is -0.142. The number of nitrogens with zero attached hydrogens (tertiary/aromatic N) is 1. The zero-order valence-corrected chi connectivity index (χ0v) is 14.9. The fraction of sp³-hybridized carbons (Fsp3) is 0.647. The fourth-order valence-corrected chi connectivity index (χ4v) is 1.84. The number of rotatable bonds is 4. The number of halogens is 1. The van der Waals surface area contributed by atoms with Crippen LogP contribution in [-0.2, 0) is 5.41 Å². The molecule has 118 valence electrons. The van der Waals surface area contributed by atoms with Crippen molar-refractivity contribution in [3.05, 3.63) is 28.5 Å². The summed E-state index contributed by atoms with van der Waals surface area (Å²) in [6, 6.07) is 3.44. The second kappa shape index (κ2) is 6.35. The summed E-state index contributed by atoms with van der Waals surface area (Å²) in [5.41, 5.74) is 1.30. The Morgan fingerprint density at radius 2 is 1.81 bits per heavy atom. The molecule has 0 aromatic carbocycles. The van der Waals surface area contributed by atoms with E-state index in [4.69, 9.17) is 11.6 Å². The van der Waals surface area contributed by atoms with Gasteiger partial charge in [-0.2, -0.15) is 0 Å². The van der Waals surface area contributed by atoms with Gasteiger partial charge in [-0.3, -0.25) is 4.79 Å². The van der Waals surface area contributed by atoms with Crippen LogP contribution >= 0.6 is 11.6 Å². The van der Waals surface area contributed by atoms with Crippen molar-refractivity contribution in [2.24, 2.45) is 11.3 Å². The molecule has 1 heterocycles. The molecule has 21 heavy (non-hydrogen) atoms. The third-order valence-corrected chi connectivity index (χ3v) is 4.29. The maximum absolute atomic E-state index is 12.3. The lowest BCUT2D eigenvalue weighted by Crippen LogP contribution is -2.37. The topological polar surface area (TPSA) is 42.0 Å². The molecule has 4 heteroatoms. The van der Waals surface area contributed by atoms with Crippen molar-refractivity contribution in [3.8, 4) is 0 Å². The van der Waals surface area contributed by atoms with Crippen molar-refractivity contribution in [1.29, 1.82) is 0 Å². The van der Waals surface area contributed by atoms with E-state index in [9.17, 15) is 4.79 Å². The van der Waals surface area contributed by atoms with E-state index in [0.29, 0.717) is 23.2 Å². The number of hydrogen-bond donors (Lipinski definition) is 1. The lowest BCUT2D eigenvalue weighted by Gasteiger charge is -2.29. The monoisotopic (exact) mass is 310 g/mol. The van der Waals surface area contributed by atoms with Crippen molar-refractivity contribution in [2.75, 3.05) is 6.54 Å². The highest BCUT2D eigenvalue weighted by molar-refractivity contribution is 6.29. The Labute approximate surface area is 133 Å². The third-order valence-electron chi connectivity index (χ3n) is 4.09. The zero-order chi connectivity index (χ0) is 16.4. The molecule has 0 spiro atoms. The summed E-state index contributed by atoms with van der Waals surface area (Å²) in [7, 11) is 0. The van der Waals surface area contributed by atoms with E-state index in [0.717, 1.165) is 5.69 Å². The molecule has 0 saturated heterocycles. The lowest BCUT2D eigenvalue weighted by atomic mass is 9.81. The maximum Gasteiger partial charge on any atom is 0.251 e. The smallest absolute Gasteiger partial charge is 0.251 e. The quantitative estimate of drug-likeness (QED) is 0.835. The molecular formula is C17H27ClN2O. The van der Waals surface area contributed by atoms with Gasteiger partial charge in [0.05, 0.1) is 0 Å². The van der Waals surface area contributed by atoms with Gasteiger partial charge in [0.1, 0.15) is 5.15 Å². The highest BCUT2D eigenvalue weighted by Gasteiger charge is 2.24. The van der Waals surface area contributed by atoms with E-state index in [2.05, 4.69) is 58.8 Å². The second-order valence-corrected chi connectivity index (χ2v) is 8.03. The minimum absolute atomic E-state index is 0.0549. The molecule has 0 bridgehead atoms. The molecule has 3 nitrogen and oxygen atoms in total. The summed E-state index contributed by atoms with van der Waals surface area (Å²) in [5.74, 6) is 0.391. The molecule has 0 radical (unpaired) electrons. The van der Waals surface area contributed by atoms with Crippen LogP contribution in [0.5, 0.6) is 0 Å². The fourth-order valence-electron chi connectivity index (χ4n) is 1.63. The van der Waals surface area contributed by atoms with Crippen molar-refractivity contribution in [3.63, 3.8) is 0 Å². The third kappa shape index (κ3) is 4.99. The van der Waals surface area contributed by atoms with Gasteiger partial charge in [0.15, 0.2) is 0 Å². The number of hydrogen-bond acceptors (Lipinski definition) is 2. The van der Waals surface area contributed by atoms with Gasteiger partial charge in [0, 0.05) is 23.2 Å². The molecular weight excluding hydrogens is 284 g/mol. The van der Waals surface area contributed by atoms with Gasteiger partial charge < -0.3 is 5.32 Å². The Hall–Kier alpha value is -1.09. The summed E-state index contributed by atoms with van der Waals surface area (Å²) in [5, 5.41) is 3.36. The van der Waals surface area contributed by atoms with Gasteiger partial charge >= 0.3 is 0 Å². The normalized spacial score (nSPS) is 12.6. The van der Waals surface area contributed by atoms with E-state index in [1.165, 1.54) is 0 Å². The standard InChI is InChI=1S/C17H27ClN2O/c1-11(2)17(6,7)10-19-15(21)12-8-13(16(3,4)5)20-14(18)9-12/h8-9,11H,10H2,1-7H3,(H,19,21). The predicted molar refractivity (Wildman–Crippen MR) is 88.9 cm³/mol. The lowest BCUT2D eigenvalue weighted by molar-refractivity contribution is 0.0924. The Morgan fingerprint density at radius 3 is 2.29 bits per heavy atom. The zero-order valence-electron chi connectivity index (χ0n) is 14.2. The Balaban J connectivity index is 2.91. The molecule has 0 atom stereocenters. The van der Waals surface area contributed by atoms with Gasteiger partial charge in [-0.1, -0.05) is 60.1 Å². The van der Waals surface area contributed by atoms with E-state index >= 15 is 0 Å². The summed E-state index contributed by atoms with van der Waals surface area (Å²) in [4.78, 5) is 16.7. The Morgan fingerprint density at radius 1 is 1.24 bits per heavy atom. The second-order valence-electron chi connectivity index (χ2n) is 7.64. The first-order valence-electron chi connectivity index (χ1n) is 7.40. The molecule has 0 aliphatic carbocycles. The van der Waals surface area contributed by atoms with Gasteiger partial charge in [-0.15, -0.1) is 0 Å². The number of nitrogens with one attached hydrogen (secondary N) is 1. The van der Waals surface area contributed by atoms with Crippen LogP contribution in [0.4, 0.5) is 0 Å². The van der Waals surface area contributed by atoms with Crippen molar-refractivity contribution >= 4 is 17.5 Å². The summed E-state index contributed by atoms with van der Waals surface area (Å²) < 4.78 is 0. The number of aromatic nitrogens is 1. The molecule has 1 rings (SSSR count). The van der Waals surface area contributed by atoms with Crippen LogP contribution in [-0.4, -0.2) is 17.4 Å². The highest BCUT2D eigenvalue weighted by atomic mass is 35.5. The first kappa shape index (κ1) is 18.0. The van der Waals surface area contributed by atoms with Crippen LogP contribution in [0.3, 0.4) is 0 Å². The molecule has 0 fully saturated rings. The summed E-state index contributed by atoms with van der Waals surface area (Å²) in [6.07, 6.45) is 0. The SMILES string of the molecule is CC(C)C(C)(C)CNC(=O)c1cc(Cl)nc(C(C)(C)C)c1. The summed E-state index contributed by atoms with van der Waals surface area (Å²) in [6.45, 7) is 15.4. The van der Waals surface area contributed by atoms with Gasteiger partial charge in [0.2, 0.25) is 0 Å². The van der Waals surface area contributed by atoms with Gasteiger partial charge in [-0.05, 0) is 23.5 Å². The van der Waals surface area contributed by atoms with Crippen LogP contribution in [0.25, 0.3) is 0 Å². The molecule has 0 aliphatic heterocycles. The number of pyridine rings is 1. The maximum atomic E-state index is 12.3. The van der Waals surface area contributed by atoms with Crippen molar-refractivity contribution < 1.29 is 4.79 Å². The minimum Gasteiger partial charge on any atom is -0.351 e. The first-order valence-corrected chi connectivity index (χ1v) is 7.77. The van der Waals surface area contributed by atoms with Crippen LogP contribution in [0, 0.1) is 11.3 Å². The van der Waals surface area contributed by atoms with Gasteiger partial charge in [-0.25, -0.2) is 4.98 Å². The van der Waals surface area contributed by atoms with Crippen molar-refractivity contribution in [1.82, 2.24) is 10.3 Å². The van der Waals surface area contributed by atoms with E-state index in [1.54, 1.807) is 6.07 Å². The summed E-state index contributed by atoms with van der Waals surface area (Å²) >= 11 is 6.05. The van der Waals surface area contributed by atoms with Crippen LogP contribution in [0.2, 0.25) is 5.15 Å². The molecule has 1 aromatic heterocycles. The molecule has 1 amide bonds. The number of amides is 1. The predicted octanol–water partition coefficient (Wildman–Crippen LogP) is 4.44. The molecule has 1 N–H and O–H groups in total. The highest BCUT2D eigenvalue weighted by Crippen LogP contribution is 2.26. The molecule has 0 saturated carbocycles. The Bertz CT molecular complexity index is 516. The van der Waals surface area contributed by atoms with E-state index < -0.39 is 0 Å². The van der Waals surface area contributed by atoms with Crippen LogP contribution in [0.15, 0.2) is 12.1 Å². The Kier molecular flexibility index (Phi) is 5.43. The van der Waals surface area contributed by atoms with E-state index in [1.807, 2.05) is 6.07 Å². The van der Waals surface area contributed by atoms with E-state index in [-0.39, 0.29) is 16.7 Å².